The summed E-state index contributed by atoms with van der Waals surface area (Å²) in [6, 6.07) is 6.22. The zero-order valence-electron chi connectivity index (χ0n) is 10.4. The van der Waals surface area contributed by atoms with Gasteiger partial charge < -0.3 is 16.4 Å². The molecule has 7 heteroatoms. The van der Waals surface area contributed by atoms with Crippen LogP contribution in [-0.4, -0.2) is 33.0 Å². The molecule has 0 radical (unpaired) electrons. The van der Waals surface area contributed by atoms with E-state index in [0.29, 0.717) is 15.5 Å². The molecule has 0 amide bonds. The average Bonchev–Trinajstić information content (AvgIpc) is 2.69. The molecule has 19 heavy (non-hydrogen) atoms. The molecule has 0 aliphatic carbocycles. The molecule has 100 valence electrons. The summed E-state index contributed by atoms with van der Waals surface area (Å²) in [5.41, 5.74) is 13.5. The number of thioether (sulfide) groups is 1. The van der Waals surface area contributed by atoms with Gasteiger partial charge in [0, 0.05) is 22.4 Å². The SMILES string of the molecule is CC1Sc2ccc(N)cc2N2C(=S)N(C(N)=S)CC12. The van der Waals surface area contributed by atoms with Gasteiger partial charge in [-0.3, -0.25) is 4.90 Å². The molecule has 0 bridgehead atoms. The summed E-state index contributed by atoms with van der Waals surface area (Å²) in [6.07, 6.45) is 0. The van der Waals surface area contributed by atoms with Crippen LogP contribution in [0.3, 0.4) is 0 Å². The van der Waals surface area contributed by atoms with Crippen molar-refractivity contribution in [3.63, 3.8) is 0 Å². The monoisotopic (exact) mass is 310 g/mol. The Morgan fingerprint density at radius 3 is 2.89 bits per heavy atom. The zero-order chi connectivity index (χ0) is 13.7. The topological polar surface area (TPSA) is 58.5 Å². The molecule has 0 saturated carbocycles. The predicted octanol–water partition coefficient (Wildman–Crippen LogP) is 1.78. The number of nitrogens with zero attached hydrogens (tertiary/aromatic N) is 2. The summed E-state index contributed by atoms with van der Waals surface area (Å²) in [5, 5.41) is 1.44. The van der Waals surface area contributed by atoms with Crippen molar-refractivity contribution >= 4 is 57.8 Å². The third-order valence-electron chi connectivity index (χ3n) is 3.50. The lowest BCUT2D eigenvalue weighted by Crippen LogP contribution is -2.43. The molecule has 3 rings (SSSR count). The Morgan fingerprint density at radius 2 is 2.21 bits per heavy atom. The van der Waals surface area contributed by atoms with Crippen LogP contribution < -0.4 is 16.4 Å². The van der Waals surface area contributed by atoms with Gasteiger partial charge in [0.25, 0.3) is 0 Å². The lowest BCUT2D eigenvalue weighted by atomic mass is 10.1. The normalized spacial score (nSPS) is 25.2. The number of hydrogen-bond acceptors (Lipinski definition) is 4. The lowest BCUT2D eigenvalue weighted by Gasteiger charge is -2.35. The molecule has 1 saturated heterocycles. The van der Waals surface area contributed by atoms with E-state index in [4.69, 9.17) is 35.9 Å². The van der Waals surface area contributed by atoms with Crippen molar-refractivity contribution in [3.8, 4) is 0 Å². The maximum atomic E-state index is 5.90. The van der Waals surface area contributed by atoms with Crippen LogP contribution in [0.5, 0.6) is 0 Å². The summed E-state index contributed by atoms with van der Waals surface area (Å²) in [7, 11) is 0. The first-order valence-electron chi connectivity index (χ1n) is 5.95. The number of nitrogen functional groups attached to an aromatic ring is 1. The fraction of sp³-hybridized carbons (Fsp3) is 0.333. The molecule has 0 spiro atoms. The Labute approximate surface area is 127 Å². The van der Waals surface area contributed by atoms with Crippen molar-refractivity contribution < 1.29 is 0 Å². The highest BCUT2D eigenvalue weighted by Gasteiger charge is 2.43. The molecule has 2 aliphatic rings. The fourth-order valence-corrected chi connectivity index (χ4v) is 4.36. The van der Waals surface area contributed by atoms with Crippen molar-refractivity contribution in [2.24, 2.45) is 5.73 Å². The number of benzene rings is 1. The summed E-state index contributed by atoms with van der Waals surface area (Å²) in [4.78, 5) is 5.16. The Balaban J connectivity index is 2.09. The molecule has 4 nitrogen and oxygen atoms in total. The van der Waals surface area contributed by atoms with E-state index in [9.17, 15) is 0 Å². The van der Waals surface area contributed by atoms with Gasteiger partial charge in [-0.1, -0.05) is 6.92 Å². The van der Waals surface area contributed by atoms with Gasteiger partial charge in [-0.15, -0.1) is 11.8 Å². The quantitative estimate of drug-likeness (QED) is 0.559. The third-order valence-corrected chi connectivity index (χ3v) is 5.42. The summed E-state index contributed by atoms with van der Waals surface area (Å²) in [6.45, 7) is 2.95. The first-order chi connectivity index (χ1) is 8.99. The number of fused-ring (bicyclic) bond motifs is 3. The fourth-order valence-electron chi connectivity index (χ4n) is 2.54. The number of thiocarbonyl (C=S) groups is 2. The van der Waals surface area contributed by atoms with Gasteiger partial charge in [0.1, 0.15) is 0 Å². The van der Waals surface area contributed by atoms with E-state index in [0.717, 1.165) is 17.9 Å². The number of nitrogens with two attached hydrogens (primary N) is 2. The second kappa shape index (κ2) is 4.50. The average molecular weight is 310 g/mol. The first-order valence-corrected chi connectivity index (χ1v) is 7.65. The minimum Gasteiger partial charge on any atom is -0.399 e. The molecular weight excluding hydrogens is 296 g/mol. The van der Waals surface area contributed by atoms with Crippen LogP contribution in [0.4, 0.5) is 11.4 Å². The standard InChI is InChI=1S/C12H14N4S3/c1-6-9-5-15(11(14)17)12(18)16(9)8-4-7(13)2-3-10(8)19-6/h2-4,6,9H,5,13H2,1H3,(H2,14,17). The van der Waals surface area contributed by atoms with Crippen LogP contribution in [0.15, 0.2) is 23.1 Å². The molecule has 2 aliphatic heterocycles. The van der Waals surface area contributed by atoms with Gasteiger partial charge in [0.2, 0.25) is 0 Å². The Bertz CT molecular complexity index is 574. The van der Waals surface area contributed by atoms with Crippen LogP contribution in [0.1, 0.15) is 6.92 Å². The van der Waals surface area contributed by atoms with E-state index in [1.54, 1.807) is 0 Å². The van der Waals surface area contributed by atoms with Crippen LogP contribution in [-0.2, 0) is 0 Å². The lowest BCUT2D eigenvalue weighted by molar-refractivity contribution is 0.584. The molecule has 1 aromatic carbocycles. The highest BCUT2D eigenvalue weighted by molar-refractivity contribution is 8.00. The van der Waals surface area contributed by atoms with Crippen LogP contribution in [0.2, 0.25) is 0 Å². The molecule has 4 N–H and O–H groups in total. The smallest absolute Gasteiger partial charge is 0.182 e. The van der Waals surface area contributed by atoms with Gasteiger partial charge in [-0.25, -0.2) is 0 Å². The third kappa shape index (κ3) is 1.96. The number of rotatable bonds is 0. The predicted molar refractivity (Wildman–Crippen MR) is 88.5 cm³/mol. The van der Waals surface area contributed by atoms with Crippen LogP contribution >= 0.6 is 36.2 Å². The van der Waals surface area contributed by atoms with Crippen LogP contribution in [0, 0.1) is 0 Å². The van der Waals surface area contributed by atoms with Gasteiger partial charge in [0.15, 0.2) is 10.2 Å². The van der Waals surface area contributed by atoms with Gasteiger partial charge in [-0.05, 0) is 42.6 Å². The molecule has 2 heterocycles. The van der Waals surface area contributed by atoms with Crippen molar-refractivity contribution in [2.75, 3.05) is 17.2 Å². The van der Waals surface area contributed by atoms with E-state index >= 15 is 0 Å². The van der Waals surface area contributed by atoms with E-state index in [2.05, 4.69) is 11.8 Å². The molecule has 2 atom stereocenters. The van der Waals surface area contributed by atoms with Crippen molar-refractivity contribution in [3.05, 3.63) is 18.2 Å². The second-order valence-electron chi connectivity index (χ2n) is 4.72. The van der Waals surface area contributed by atoms with Crippen LogP contribution in [0.25, 0.3) is 0 Å². The highest BCUT2D eigenvalue weighted by atomic mass is 32.2. The van der Waals surface area contributed by atoms with Gasteiger partial charge >= 0.3 is 0 Å². The molecule has 1 fully saturated rings. The summed E-state index contributed by atoms with van der Waals surface area (Å²) in [5.74, 6) is 0. The number of hydrogen-bond donors (Lipinski definition) is 2. The Kier molecular flexibility index (Phi) is 3.07. The maximum Gasteiger partial charge on any atom is 0.182 e. The second-order valence-corrected chi connectivity index (χ2v) is 6.92. The van der Waals surface area contributed by atoms with E-state index in [-0.39, 0.29) is 6.04 Å². The molecular formula is C12H14N4S3. The van der Waals surface area contributed by atoms with Crippen molar-refractivity contribution in [1.29, 1.82) is 0 Å². The van der Waals surface area contributed by atoms with Gasteiger partial charge in [0.05, 0.1) is 11.7 Å². The highest BCUT2D eigenvalue weighted by Crippen LogP contribution is 2.45. The summed E-state index contributed by atoms with van der Waals surface area (Å²) < 4.78 is 0. The van der Waals surface area contributed by atoms with E-state index in [1.165, 1.54) is 4.90 Å². The van der Waals surface area contributed by atoms with Gasteiger partial charge in [-0.2, -0.15) is 0 Å². The minimum absolute atomic E-state index is 0.285. The van der Waals surface area contributed by atoms with Crippen molar-refractivity contribution in [1.82, 2.24) is 4.90 Å². The zero-order valence-corrected chi connectivity index (χ0v) is 12.8. The van der Waals surface area contributed by atoms with Crippen molar-refractivity contribution in [2.45, 2.75) is 23.1 Å². The largest absolute Gasteiger partial charge is 0.399 e. The Morgan fingerprint density at radius 1 is 1.47 bits per heavy atom. The molecule has 0 aromatic heterocycles. The maximum absolute atomic E-state index is 5.90. The number of anilines is 2. The molecule has 2 unspecified atom stereocenters. The molecule has 1 aromatic rings. The minimum atomic E-state index is 0.285. The van der Waals surface area contributed by atoms with E-state index in [1.807, 2.05) is 34.9 Å². The first kappa shape index (κ1) is 13.0. The Hall–Kier alpha value is -1.05. The summed E-state index contributed by atoms with van der Waals surface area (Å²) >= 11 is 12.4. The van der Waals surface area contributed by atoms with E-state index < -0.39 is 0 Å².